The van der Waals surface area contributed by atoms with Gasteiger partial charge in [0.2, 0.25) is 0 Å². The molecule has 166 valence electrons. The summed E-state index contributed by atoms with van der Waals surface area (Å²) in [4.78, 5) is 25.7. The molecule has 0 spiro atoms. The summed E-state index contributed by atoms with van der Waals surface area (Å²) in [5.74, 6) is 1.23. The molecule has 1 N–H and O–H groups in total. The smallest absolute Gasteiger partial charge is 0.410 e. The van der Waals surface area contributed by atoms with Gasteiger partial charge in [0.25, 0.3) is 0 Å². The standard InChI is InChI=1S/C20H35N5O2S.HI/c1-7-21-18(24(6)13-17-14-28-15(2)23-17)22-11-16-9-8-10-25(12-16)19(26)27-20(3,4)5;/h14,16H,7-13H2,1-6H3,(H,21,22);1H. The largest absolute Gasteiger partial charge is 0.444 e. The van der Waals surface area contributed by atoms with E-state index >= 15 is 0 Å². The van der Waals surface area contributed by atoms with Crippen molar-refractivity contribution in [3.63, 3.8) is 0 Å². The van der Waals surface area contributed by atoms with Gasteiger partial charge in [0.05, 0.1) is 17.2 Å². The molecule has 1 aromatic rings. The first kappa shape index (κ1) is 25.9. The van der Waals surface area contributed by atoms with Gasteiger partial charge in [0.15, 0.2) is 5.96 Å². The number of thiazole rings is 1. The van der Waals surface area contributed by atoms with Crippen LogP contribution in [-0.4, -0.2) is 65.7 Å². The number of piperidine rings is 1. The Kier molecular flexibility index (Phi) is 10.7. The predicted octanol–water partition coefficient (Wildman–Crippen LogP) is 4.11. The van der Waals surface area contributed by atoms with Crippen LogP contribution in [0.1, 0.15) is 51.2 Å². The van der Waals surface area contributed by atoms with Crippen LogP contribution in [0.15, 0.2) is 10.4 Å². The van der Waals surface area contributed by atoms with Gasteiger partial charge < -0.3 is 19.9 Å². The van der Waals surface area contributed by atoms with Crippen molar-refractivity contribution in [2.45, 2.75) is 59.6 Å². The molecule has 29 heavy (non-hydrogen) atoms. The lowest BCUT2D eigenvalue weighted by atomic mass is 9.98. The van der Waals surface area contributed by atoms with Crippen LogP contribution in [0, 0.1) is 12.8 Å². The molecule has 0 bridgehead atoms. The molecule has 0 saturated carbocycles. The van der Waals surface area contributed by atoms with Crippen molar-refractivity contribution < 1.29 is 9.53 Å². The number of amides is 1. The molecule has 1 fully saturated rings. The van der Waals surface area contributed by atoms with Gasteiger partial charge in [-0.1, -0.05) is 0 Å². The Morgan fingerprint density at radius 1 is 1.48 bits per heavy atom. The first-order chi connectivity index (χ1) is 13.2. The topological polar surface area (TPSA) is 70.1 Å². The van der Waals surface area contributed by atoms with Crippen LogP contribution in [0.2, 0.25) is 0 Å². The van der Waals surface area contributed by atoms with Gasteiger partial charge in [0.1, 0.15) is 5.60 Å². The molecule has 0 aromatic carbocycles. The van der Waals surface area contributed by atoms with E-state index in [9.17, 15) is 4.79 Å². The van der Waals surface area contributed by atoms with Gasteiger partial charge in [-0.15, -0.1) is 35.3 Å². The number of aromatic nitrogens is 1. The van der Waals surface area contributed by atoms with E-state index in [0.29, 0.717) is 19.0 Å². The second-order valence-corrected chi connectivity index (χ2v) is 9.41. The van der Waals surface area contributed by atoms with E-state index < -0.39 is 5.60 Å². The monoisotopic (exact) mass is 537 g/mol. The Hall–Kier alpha value is -1.10. The zero-order chi connectivity index (χ0) is 20.7. The number of hydrogen-bond donors (Lipinski definition) is 1. The van der Waals surface area contributed by atoms with Crippen LogP contribution >= 0.6 is 35.3 Å². The number of hydrogen-bond acceptors (Lipinski definition) is 5. The fraction of sp³-hybridized carbons (Fsp3) is 0.750. The maximum atomic E-state index is 12.4. The number of halogens is 1. The second kappa shape index (κ2) is 11.9. The average Bonchev–Trinajstić information content (AvgIpc) is 3.02. The van der Waals surface area contributed by atoms with E-state index in [1.54, 1.807) is 11.3 Å². The third-order valence-electron chi connectivity index (χ3n) is 4.43. The third-order valence-corrected chi connectivity index (χ3v) is 5.25. The molecule has 1 aliphatic heterocycles. The Morgan fingerprint density at radius 3 is 2.79 bits per heavy atom. The maximum absolute atomic E-state index is 12.4. The summed E-state index contributed by atoms with van der Waals surface area (Å²) >= 11 is 1.67. The van der Waals surface area contributed by atoms with E-state index in [4.69, 9.17) is 9.73 Å². The number of nitrogens with zero attached hydrogens (tertiary/aromatic N) is 4. The third kappa shape index (κ3) is 9.06. The molecule has 1 unspecified atom stereocenters. The van der Waals surface area contributed by atoms with Crippen LogP contribution < -0.4 is 5.32 Å². The molecular formula is C20H36IN5O2S. The highest BCUT2D eigenvalue weighted by Crippen LogP contribution is 2.20. The maximum Gasteiger partial charge on any atom is 0.410 e. The van der Waals surface area contributed by atoms with Gasteiger partial charge in [-0.2, -0.15) is 0 Å². The van der Waals surface area contributed by atoms with Crippen LogP contribution in [0.3, 0.4) is 0 Å². The number of rotatable bonds is 5. The molecule has 1 atom stereocenters. The lowest BCUT2D eigenvalue weighted by molar-refractivity contribution is 0.0170. The summed E-state index contributed by atoms with van der Waals surface area (Å²) in [6.07, 6.45) is 1.85. The molecule has 1 aromatic heterocycles. The summed E-state index contributed by atoms with van der Waals surface area (Å²) in [5, 5.41) is 6.53. The van der Waals surface area contributed by atoms with Crippen molar-refractivity contribution in [2.75, 3.05) is 33.2 Å². The zero-order valence-electron chi connectivity index (χ0n) is 18.5. The fourth-order valence-corrected chi connectivity index (χ4v) is 3.79. The molecule has 2 rings (SSSR count). The number of aryl methyl sites for hydroxylation is 1. The minimum atomic E-state index is -0.461. The first-order valence-corrected chi connectivity index (χ1v) is 10.9. The summed E-state index contributed by atoms with van der Waals surface area (Å²) in [5.41, 5.74) is 0.598. The summed E-state index contributed by atoms with van der Waals surface area (Å²) in [6.45, 7) is 13.5. The highest BCUT2D eigenvalue weighted by molar-refractivity contribution is 14.0. The lowest BCUT2D eigenvalue weighted by Gasteiger charge is -2.33. The normalized spacial score (nSPS) is 17.5. The average molecular weight is 538 g/mol. The number of guanidine groups is 1. The summed E-state index contributed by atoms with van der Waals surface area (Å²) in [7, 11) is 2.03. The number of likely N-dealkylation sites (tertiary alicyclic amines) is 1. The van der Waals surface area contributed by atoms with E-state index in [2.05, 4.69) is 27.5 Å². The van der Waals surface area contributed by atoms with Crippen LogP contribution in [-0.2, 0) is 11.3 Å². The van der Waals surface area contributed by atoms with Crippen molar-refractivity contribution >= 4 is 47.4 Å². The van der Waals surface area contributed by atoms with Gasteiger partial charge in [-0.3, -0.25) is 4.99 Å². The molecule has 1 aliphatic rings. The van der Waals surface area contributed by atoms with Crippen molar-refractivity contribution in [3.8, 4) is 0 Å². The Balaban J connectivity index is 0.00000420. The van der Waals surface area contributed by atoms with Crippen molar-refractivity contribution in [1.82, 2.24) is 20.1 Å². The zero-order valence-corrected chi connectivity index (χ0v) is 21.7. The SMILES string of the molecule is CCNC(=NCC1CCCN(C(=O)OC(C)(C)C)C1)N(C)Cc1csc(C)n1.I. The van der Waals surface area contributed by atoms with Crippen LogP contribution in [0.25, 0.3) is 0 Å². The van der Waals surface area contributed by atoms with Crippen LogP contribution in [0.5, 0.6) is 0 Å². The highest BCUT2D eigenvalue weighted by atomic mass is 127. The van der Waals surface area contributed by atoms with E-state index in [1.807, 2.05) is 39.6 Å². The Morgan fingerprint density at radius 2 is 2.21 bits per heavy atom. The quantitative estimate of drug-likeness (QED) is 0.348. The van der Waals surface area contributed by atoms with E-state index in [0.717, 1.165) is 49.1 Å². The molecule has 7 nitrogen and oxygen atoms in total. The Labute approximate surface area is 196 Å². The number of carbonyl (C=O) groups excluding carboxylic acids is 1. The number of nitrogens with one attached hydrogen (secondary N) is 1. The molecule has 1 saturated heterocycles. The van der Waals surface area contributed by atoms with E-state index in [-0.39, 0.29) is 30.1 Å². The lowest BCUT2D eigenvalue weighted by Crippen LogP contribution is -2.44. The molecular weight excluding hydrogens is 501 g/mol. The number of carbonyl (C=O) groups is 1. The molecule has 2 heterocycles. The number of ether oxygens (including phenoxy) is 1. The first-order valence-electron chi connectivity index (χ1n) is 10.1. The molecule has 9 heteroatoms. The minimum Gasteiger partial charge on any atom is -0.444 e. The Bertz CT molecular complexity index is 674. The number of aliphatic imine (C=N–C) groups is 1. The summed E-state index contributed by atoms with van der Waals surface area (Å²) < 4.78 is 5.52. The van der Waals surface area contributed by atoms with Crippen molar-refractivity contribution in [2.24, 2.45) is 10.9 Å². The predicted molar refractivity (Wildman–Crippen MR) is 130 cm³/mol. The van der Waals surface area contributed by atoms with Gasteiger partial charge in [0, 0.05) is 38.6 Å². The fourth-order valence-electron chi connectivity index (χ4n) is 3.19. The molecule has 0 radical (unpaired) electrons. The second-order valence-electron chi connectivity index (χ2n) is 8.34. The van der Waals surface area contributed by atoms with Crippen molar-refractivity contribution in [1.29, 1.82) is 0 Å². The molecule has 0 aliphatic carbocycles. The van der Waals surface area contributed by atoms with Crippen LogP contribution in [0.4, 0.5) is 4.79 Å². The van der Waals surface area contributed by atoms with Gasteiger partial charge in [-0.05, 0) is 53.4 Å². The highest BCUT2D eigenvalue weighted by Gasteiger charge is 2.27. The van der Waals surface area contributed by atoms with Gasteiger partial charge in [-0.25, -0.2) is 9.78 Å². The summed E-state index contributed by atoms with van der Waals surface area (Å²) in [6, 6.07) is 0. The van der Waals surface area contributed by atoms with Gasteiger partial charge >= 0.3 is 6.09 Å². The minimum absolute atomic E-state index is 0. The van der Waals surface area contributed by atoms with E-state index in [1.165, 1.54) is 0 Å². The molecule has 1 amide bonds. The van der Waals surface area contributed by atoms with Crippen molar-refractivity contribution in [3.05, 3.63) is 16.1 Å².